The third-order valence-corrected chi connectivity index (χ3v) is 6.02. The number of guanidine groups is 1. The van der Waals surface area contributed by atoms with Crippen molar-refractivity contribution < 1.29 is 14.3 Å². The predicted octanol–water partition coefficient (Wildman–Crippen LogP) is 1.77. The molecule has 0 aromatic heterocycles. The van der Waals surface area contributed by atoms with Gasteiger partial charge >= 0.3 is 6.09 Å². The molecule has 2 aliphatic heterocycles. The van der Waals surface area contributed by atoms with Gasteiger partial charge in [0.1, 0.15) is 5.60 Å². The number of nitrogens with two attached hydrogens (primary N) is 1. The Morgan fingerprint density at radius 3 is 2.28 bits per heavy atom. The smallest absolute Gasteiger partial charge is 0.410 e. The van der Waals surface area contributed by atoms with Crippen LogP contribution in [0.2, 0.25) is 0 Å². The van der Waals surface area contributed by atoms with Crippen LogP contribution in [-0.4, -0.2) is 84.4 Å². The highest BCUT2D eigenvalue weighted by molar-refractivity contribution is 8.00. The van der Waals surface area contributed by atoms with Crippen LogP contribution in [-0.2, 0) is 9.47 Å². The molecular formula is C17H32N4O3S. The van der Waals surface area contributed by atoms with Gasteiger partial charge in [-0.05, 0) is 39.9 Å². The zero-order valence-electron chi connectivity index (χ0n) is 15.9. The standard InChI is InChI=1S/C17H32N4O3S/c1-16(2,3)24-15(22)21-9-7-20(8-10-21)14(18)19-13-17(25-4)5-11-23-12-6-17/h5-13H2,1-4H3,(H2,18,19). The molecule has 0 saturated carbocycles. The number of carbonyl (C=O) groups is 1. The summed E-state index contributed by atoms with van der Waals surface area (Å²) in [6, 6.07) is 0. The van der Waals surface area contributed by atoms with E-state index in [1.165, 1.54) is 0 Å². The molecule has 2 fully saturated rings. The van der Waals surface area contributed by atoms with Gasteiger partial charge in [-0.15, -0.1) is 0 Å². The normalized spacial score (nSPS) is 22.0. The number of nitrogens with zero attached hydrogens (tertiary/aromatic N) is 3. The number of thioether (sulfide) groups is 1. The lowest BCUT2D eigenvalue weighted by Gasteiger charge is -2.37. The van der Waals surface area contributed by atoms with Crippen molar-refractivity contribution in [2.75, 3.05) is 52.2 Å². The number of hydrogen-bond acceptors (Lipinski definition) is 5. The van der Waals surface area contributed by atoms with Gasteiger partial charge in [-0.25, -0.2) is 4.79 Å². The number of piperazine rings is 1. The Morgan fingerprint density at radius 2 is 1.76 bits per heavy atom. The van der Waals surface area contributed by atoms with Crippen LogP contribution in [0, 0.1) is 0 Å². The van der Waals surface area contributed by atoms with Crippen LogP contribution in [0.15, 0.2) is 4.99 Å². The fourth-order valence-electron chi connectivity index (χ4n) is 2.94. The molecule has 2 aliphatic rings. The maximum atomic E-state index is 12.1. The van der Waals surface area contributed by atoms with Crippen molar-refractivity contribution in [3.8, 4) is 0 Å². The second-order valence-electron chi connectivity index (χ2n) is 7.63. The fourth-order valence-corrected chi connectivity index (χ4v) is 3.71. The third-order valence-electron chi connectivity index (χ3n) is 4.62. The van der Waals surface area contributed by atoms with Gasteiger partial charge in [0.2, 0.25) is 0 Å². The molecule has 7 nitrogen and oxygen atoms in total. The molecule has 2 heterocycles. The van der Waals surface area contributed by atoms with Crippen LogP contribution in [0.3, 0.4) is 0 Å². The Bertz CT molecular complexity index is 479. The summed E-state index contributed by atoms with van der Waals surface area (Å²) in [6.07, 6.45) is 3.90. The van der Waals surface area contributed by atoms with Gasteiger partial charge in [0.05, 0.1) is 6.54 Å². The van der Waals surface area contributed by atoms with Gasteiger partial charge in [-0.2, -0.15) is 11.8 Å². The molecular weight excluding hydrogens is 340 g/mol. The maximum absolute atomic E-state index is 12.1. The average Bonchev–Trinajstić information content (AvgIpc) is 2.59. The van der Waals surface area contributed by atoms with E-state index in [-0.39, 0.29) is 10.8 Å². The molecule has 0 bridgehead atoms. The van der Waals surface area contributed by atoms with Crippen molar-refractivity contribution in [1.29, 1.82) is 0 Å². The van der Waals surface area contributed by atoms with E-state index in [2.05, 4.69) is 11.2 Å². The number of amides is 1. The first-order valence-electron chi connectivity index (χ1n) is 8.90. The van der Waals surface area contributed by atoms with Gasteiger partial charge in [0.15, 0.2) is 5.96 Å². The Balaban J connectivity index is 1.84. The summed E-state index contributed by atoms with van der Waals surface area (Å²) in [5, 5.41) is 0. The molecule has 2 N–H and O–H groups in total. The van der Waals surface area contributed by atoms with Gasteiger partial charge in [-0.1, -0.05) is 0 Å². The Labute approximate surface area is 155 Å². The van der Waals surface area contributed by atoms with E-state index in [1.54, 1.807) is 4.90 Å². The number of ether oxygens (including phenoxy) is 2. The lowest BCUT2D eigenvalue weighted by molar-refractivity contribution is 0.0186. The molecule has 2 rings (SSSR count). The van der Waals surface area contributed by atoms with E-state index < -0.39 is 5.60 Å². The summed E-state index contributed by atoms with van der Waals surface area (Å²) < 4.78 is 11.0. The highest BCUT2D eigenvalue weighted by Crippen LogP contribution is 2.34. The lowest BCUT2D eigenvalue weighted by Crippen LogP contribution is -2.53. The lowest BCUT2D eigenvalue weighted by atomic mass is 9.99. The minimum absolute atomic E-state index is 0.140. The maximum Gasteiger partial charge on any atom is 0.410 e. The molecule has 0 unspecified atom stereocenters. The molecule has 0 aromatic rings. The zero-order valence-corrected chi connectivity index (χ0v) is 16.7. The quantitative estimate of drug-likeness (QED) is 0.601. The van der Waals surface area contributed by atoms with Crippen molar-refractivity contribution in [1.82, 2.24) is 9.80 Å². The summed E-state index contributed by atoms with van der Waals surface area (Å²) in [7, 11) is 0. The van der Waals surface area contributed by atoms with Crippen molar-refractivity contribution in [2.45, 2.75) is 44.0 Å². The summed E-state index contributed by atoms with van der Waals surface area (Å²) in [5.41, 5.74) is 5.74. The summed E-state index contributed by atoms with van der Waals surface area (Å²) in [4.78, 5) is 20.5. The molecule has 2 saturated heterocycles. The van der Waals surface area contributed by atoms with Gasteiger partial charge in [0, 0.05) is 44.1 Å². The number of aliphatic imine (C=N–C) groups is 1. The highest BCUT2D eigenvalue weighted by Gasteiger charge is 2.32. The Morgan fingerprint density at radius 1 is 1.20 bits per heavy atom. The first-order chi connectivity index (χ1) is 11.7. The van der Waals surface area contributed by atoms with Crippen molar-refractivity contribution in [2.24, 2.45) is 10.7 Å². The molecule has 25 heavy (non-hydrogen) atoms. The topological polar surface area (TPSA) is 80.4 Å². The summed E-state index contributed by atoms with van der Waals surface area (Å²) in [6.45, 7) is 10.5. The number of hydrogen-bond donors (Lipinski definition) is 1. The molecule has 0 atom stereocenters. The molecule has 1 amide bonds. The van der Waals surface area contributed by atoms with E-state index in [0.717, 1.165) is 32.6 Å². The monoisotopic (exact) mass is 372 g/mol. The van der Waals surface area contributed by atoms with Crippen LogP contribution in [0.1, 0.15) is 33.6 Å². The van der Waals surface area contributed by atoms with E-state index in [9.17, 15) is 4.79 Å². The number of carbonyl (C=O) groups excluding carboxylic acids is 1. The molecule has 0 spiro atoms. The van der Waals surface area contributed by atoms with Crippen molar-refractivity contribution in [3.05, 3.63) is 0 Å². The van der Waals surface area contributed by atoms with E-state index >= 15 is 0 Å². The first-order valence-corrected chi connectivity index (χ1v) is 10.1. The zero-order chi connectivity index (χ0) is 18.5. The molecule has 0 aromatic carbocycles. The Kier molecular flexibility index (Phi) is 6.85. The van der Waals surface area contributed by atoms with Crippen LogP contribution in [0.25, 0.3) is 0 Å². The fraction of sp³-hybridized carbons (Fsp3) is 0.882. The van der Waals surface area contributed by atoms with Crippen LogP contribution in [0.4, 0.5) is 4.79 Å². The second-order valence-corrected chi connectivity index (χ2v) is 8.90. The molecule has 144 valence electrons. The second kappa shape index (κ2) is 8.49. The number of rotatable bonds is 3. The predicted molar refractivity (Wildman–Crippen MR) is 102 cm³/mol. The van der Waals surface area contributed by atoms with Gasteiger partial charge < -0.3 is 25.0 Å². The minimum Gasteiger partial charge on any atom is -0.444 e. The van der Waals surface area contributed by atoms with Gasteiger partial charge in [0.25, 0.3) is 0 Å². The largest absolute Gasteiger partial charge is 0.444 e. The molecule has 0 radical (unpaired) electrons. The third kappa shape index (κ3) is 5.95. The van der Waals surface area contributed by atoms with Gasteiger partial charge in [-0.3, -0.25) is 4.99 Å². The summed E-state index contributed by atoms with van der Waals surface area (Å²) in [5.74, 6) is 0.573. The Hall–Kier alpha value is -1.15. The van der Waals surface area contributed by atoms with E-state index in [0.29, 0.717) is 32.1 Å². The van der Waals surface area contributed by atoms with E-state index in [4.69, 9.17) is 15.2 Å². The van der Waals surface area contributed by atoms with Crippen molar-refractivity contribution >= 4 is 23.8 Å². The van der Waals surface area contributed by atoms with E-state index in [1.807, 2.05) is 37.4 Å². The molecule has 8 heteroatoms. The first kappa shape index (κ1) is 20.2. The average molecular weight is 373 g/mol. The van der Waals surface area contributed by atoms with Crippen LogP contribution in [0.5, 0.6) is 0 Å². The summed E-state index contributed by atoms with van der Waals surface area (Å²) >= 11 is 1.86. The van der Waals surface area contributed by atoms with Crippen molar-refractivity contribution in [3.63, 3.8) is 0 Å². The van der Waals surface area contributed by atoms with Crippen LogP contribution >= 0.6 is 11.8 Å². The highest BCUT2D eigenvalue weighted by atomic mass is 32.2. The van der Waals surface area contributed by atoms with Crippen LogP contribution < -0.4 is 5.73 Å². The SMILES string of the molecule is CSC1(CN=C(N)N2CCN(C(=O)OC(C)(C)C)CC2)CCOCC1. The molecule has 0 aliphatic carbocycles. The minimum atomic E-state index is -0.468.